The van der Waals surface area contributed by atoms with E-state index in [0.717, 1.165) is 37.9 Å². The van der Waals surface area contributed by atoms with Crippen LogP contribution < -0.4 is 0 Å². The van der Waals surface area contributed by atoms with Crippen LogP contribution in [-0.2, 0) is 20.8 Å². The maximum Gasteiger partial charge on any atom is 0.199 e. The van der Waals surface area contributed by atoms with E-state index in [1.165, 1.54) is 12.7 Å². The molecular weight excluding hydrogens is 374 g/mol. The van der Waals surface area contributed by atoms with Gasteiger partial charge in [0.05, 0.1) is 19.8 Å². The fourth-order valence-electron chi connectivity index (χ4n) is 3.69. The maximum atomic E-state index is 14.0. The Morgan fingerprint density at radius 3 is 2.24 bits per heavy atom. The zero-order chi connectivity index (χ0) is 21.2. The Balaban J connectivity index is 0.00000145. The minimum Gasteiger partial charge on any atom is -0.498 e. The van der Waals surface area contributed by atoms with Crippen molar-refractivity contribution < 1.29 is 23.0 Å². The molecule has 1 fully saturated rings. The SMILES string of the molecule is CC.CCCC1CCC(c2ccc(COC3=C(F)C(F)=C(OC)CC3)cc2)CO1. The van der Waals surface area contributed by atoms with Gasteiger partial charge in [0.25, 0.3) is 0 Å². The van der Waals surface area contributed by atoms with Crippen molar-refractivity contribution in [3.05, 3.63) is 58.6 Å². The van der Waals surface area contributed by atoms with Crippen molar-refractivity contribution in [1.29, 1.82) is 0 Å². The third-order valence-electron chi connectivity index (χ3n) is 5.35. The molecule has 29 heavy (non-hydrogen) atoms. The summed E-state index contributed by atoms with van der Waals surface area (Å²) in [6.45, 7) is 7.18. The van der Waals surface area contributed by atoms with E-state index in [1.54, 1.807) is 0 Å². The van der Waals surface area contributed by atoms with Gasteiger partial charge in [-0.2, -0.15) is 8.78 Å². The van der Waals surface area contributed by atoms with E-state index in [4.69, 9.17) is 14.2 Å². The maximum absolute atomic E-state index is 14.0. The summed E-state index contributed by atoms with van der Waals surface area (Å²) in [7, 11) is 1.34. The number of methoxy groups -OCH3 is 1. The second kappa shape index (κ2) is 12.0. The van der Waals surface area contributed by atoms with Gasteiger partial charge in [-0.05, 0) is 30.4 Å². The van der Waals surface area contributed by atoms with Gasteiger partial charge in [-0.3, -0.25) is 0 Å². The average Bonchev–Trinajstić information content (AvgIpc) is 2.77. The molecular formula is C24H34F2O3. The Bertz CT molecular complexity index is 687. The van der Waals surface area contributed by atoms with E-state index in [0.29, 0.717) is 24.9 Å². The molecule has 5 heteroatoms. The summed E-state index contributed by atoms with van der Waals surface area (Å²) >= 11 is 0. The van der Waals surface area contributed by atoms with Gasteiger partial charge in [-0.15, -0.1) is 0 Å². The molecule has 3 rings (SSSR count). The van der Waals surface area contributed by atoms with E-state index in [1.807, 2.05) is 26.0 Å². The van der Waals surface area contributed by atoms with Gasteiger partial charge < -0.3 is 14.2 Å². The lowest BCUT2D eigenvalue weighted by Crippen LogP contribution is -2.24. The third kappa shape index (κ3) is 6.30. The second-order valence-corrected chi connectivity index (χ2v) is 7.23. The predicted octanol–water partition coefficient (Wildman–Crippen LogP) is 7.09. The largest absolute Gasteiger partial charge is 0.498 e. The number of benzene rings is 1. The summed E-state index contributed by atoms with van der Waals surface area (Å²) in [6, 6.07) is 8.15. The Labute approximate surface area is 173 Å². The summed E-state index contributed by atoms with van der Waals surface area (Å²) < 4.78 is 44.1. The molecule has 2 unspecified atom stereocenters. The van der Waals surface area contributed by atoms with Crippen LogP contribution in [0.25, 0.3) is 0 Å². The van der Waals surface area contributed by atoms with Crippen molar-refractivity contribution in [3.8, 4) is 0 Å². The van der Waals surface area contributed by atoms with Crippen LogP contribution in [-0.4, -0.2) is 19.8 Å². The zero-order valence-corrected chi connectivity index (χ0v) is 18.1. The first-order chi connectivity index (χ1) is 14.1. The molecule has 2 aliphatic rings. The average molecular weight is 409 g/mol. The van der Waals surface area contributed by atoms with Crippen LogP contribution in [0.15, 0.2) is 47.4 Å². The molecule has 3 nitrogen and oxygen atoms in total. The normalized spacial score (nSPS) is 22.1. The van der Waals surface area contributed by atoms with Gasteiger partial charge in [0.1, 0.15) is 18.1 Å². The Morgan fingerprint density at radius 1 is 1.00 bits per heavy atom. The van der Waals surface area contributed by atoms with Gasteiger partial charge in [0, 0.05) is 18.8 Å². The van der Waals surface area contributed by atoms with E-state index in [-0.39, 0.29) is 18.1 Å². The molecule has 0 aromatic heterocycles. The topological polar surface area (TPSA) is 27.7 Å². The summed E-state index contributed by atoms with van der Waals surface area (Å²) in [6.07, 6.45) is 5.57. The van der Waals surface area contributed by atoms with Crippen molar-refractivity contribution in [2.45, 2.75) is 77.9 Å². The lowest BCUT2D eigenvalue weighted by molar-refractivity contribution is -0.00112. The highest BCUT2D eigenvalue weighted by atomic mass is 19.2. The first-order valence-electron chi connectivity index (χ1n) is 10.8. The summed E-state index contributed by atoms with van der Waals surface area (Å²) in [4.78, 5) is 0. The van der Waals surface area contributed by atoms with Crippen molar-refractivity contribution >= 4 is 0 Å². The zero-order valence-electron chi connectivity index (χ0n) is 18.1. The molecule has 0 radical (unpaired) electrons. The van der Waals surface area contributed by atoms with Crippen molar-refractivity contribution in [1.82, 2.24) is 0 Å². The van der Waals surface area contributed by atoms with Crippen molar-refractivity contribution in [3.63, 3.8) is 0 Å². The number of allylic oxidation sites excluding steroid dienone is 4. The molecule has 2 atom stereocenters. The first kappa shape index (κ1) is 23.4. The minimum atomic E-state index is -0.951. The highest BCUT2D eigenvalue weighted by Gasteiger charge is 2.25. The molecule has 1 saturated heterocycles. The standard InChI is InChI=1S/C22H28F2O3.C2H6/c1-3-4-18-10-9-17(14-26-18)16-7-5-15(6-8-16)13-27-20-12-11-19(25-2)21(23)22(20)24;1-2/h5-8,17-18H,3-4,9-14H2,1-2H3;1-2H3. The van der Waals surface area contributed by atoms with Crippen LogP contribution in [0.3, 0.4) is 0 Å². The van der Waals surface area contributed by atoms with E-state index >= 15 is 0 Å². The number of rotatable bonds is 7. The monoisotopic (exact) mass is 408 g/mol. The number of hydrogen-bond acceptors (Lipinski definition) is 3. The fourth-order valence-corrected chi connectivity index (χ4v) is 3.69. The van der Waals surface area contributed by atoms with E-state index < -0.39 is 11.7 Å². The van der Waals surface area contributed by atoms with E-state index in [2.05, 4.69) is 19.1 Å². The summed E-state index contributed by atoms with van der Waals surface area (Å²) in [5, 5.41) is 0. The molecule has 1 aliphatic carbocycles. The van der Waals surface area contributed by atoms with Crippen molar-refractivity contribution in [2.75, 3.05) is 13.7 Å². The number of hydrogen-bond donors (Lipinski definition) is 0. The third-order valence-corrected chi connectivity index (χ3v) is 5.35. The smallest absolute Gasteiger partial charge is 0.199 e. The number of halogens is 2. The highest BCUT2D eigenvalue weighted by molar-refractivity contribution is 5.30. The lowest BCUT2D eigenvalue weighted by atomic mass is 9.90. The van der Waals surface area contributed by atoms with Crippen LogP contribution >= 0.6 is 0 Å². The van der Waals surface area contributed by atoms with Crippen molar-refractivity contribution in [2.24, 2.45) is 0 Å². The Kier molecular flexibility index (Phi) is 9.65. The van der Waals surface area contributed by atoms with Gasteiger partial charge in [-0.25, -0.2) is 0 Å². The molecule has 162 valence electrons. The summed E-state index contributed by atoms with van der Waals surface area (Å²) in [5.41, 5.74) is 2.19. The molecule has 0 N–H and O–H groups in total. The molecule has 0 saturated carbocycles. The van der Waals surface area contributed by atoms with Gasteiger partial charge >= 0.3 is 0 Å². The molecule has 1 aliphatic heterocycles. The molecule has 1 heterocycles. The fraction of sp³-hybridized carbons (Fsp3) is 0.583. The van der Waals surface area contributed by atoms with Gasteiger partial charge in [-0.1, -0.05) is 51.5 Å². The van der Waals surface area contributed by atoms with Gasteiger partial charge in [0.15, 0.2) is 11.7 Å². The van der Waals surface area contributed by atoms with Crippen LogP contribution in [0.5, 0.6) is 0 Å². The lowest BCUT2D eigenvalue weighted by Gasteiger charge is -2.29. The second-order valence-electron chi connectivity index (χ2n) is 7.23. The predicted molar refractivity (Wildman–Crippen MR) is 112 cm³/mol. The Hall–Kier alpha value is -1.88. The van der Waals surface area contributed by atoms with Gasteiger partial charge in [0.2, 0.25) is 0 Å². The molecule has 0 bridgehead atoms. The van der Waals surface area contributed by atoms with Crippen LogP contribution in [0.2, 0.25) is 0 Å². The minimum absolute atomic E-state index is 0.0417. The number of ether oxygens (including phenoxy) is 3. The quantitative estimate of drug-likeness (QED) is 0.482. The van der Waals surface area contributed by atoms with Crippen LogP contribution in [0.1, 0.15) is 76.3 Å². The van der Waals surface area contributed by atoms with E-state index in [9.17, 15) is 8.78 Å². The first-order valence-corrected chi connectivity index (χ1v) is 10.8. The molecule has 1 aromatic rings. The molecule has 1 aromatic carbocycles. The molecule has 0 spiro atoms. The Morgan fingerprint density at radius 2 is 1.66 bits per heavy atom. The van der Waals surface area contributed by atoms with Crippen LogP contribution in [0, 0.1) is 0 Å². The summed E-state index contributed by atoms with van der Waals surface area (Å²) in [5.74, 6) is -1.37. The van der Waals surface area contributed by atoms with Crippen LogP contribution in [0.4, 0.5) is 8.78 Å². The molecule has 0 amide bonds. The highest BCUT2D eigenvalue weighted by Crippen LogP contribution is 2.34.